The van der Waals surface area contributed by atoms with Gasteiger partial charge in [-0.15, -0.1) is 0 Å². The first-order chi connectivity index (χ1) is 8.11. The van der Waals surface area contributed by atoms with Gasteiger partial charge < -0.3 is 9.47 Å². The average molecular weight is 324 g/mol. The van der Waals surface area contributed by atoms with Crippen LogP contribution in [0.25, 0.3) is 0 Å². The van der Waals surface area contributed by atoms with Gasteiger partial charge >= 0.3 is 0 Å². The Morgan fingerprint density at radius 3 is 2.88 bits per heavy atom. The molecule has 2 rings (SSSR count). The Bertz CT molecular complexity index is 402. The third-order valence-corrected chi connectivity index (χ3v) is 3.90. The third-order valence-electron chi connectivity index (χ3n) is 2.72. The minimum atomic E-state index is -0.438. The summed E-state index contributed by atoms with van der Waals surface area (Å²) < 4.78 is 24.2. The minimum Gasteiger partial charge on any atom is -0.488 e. The van der Waals surface area contributed by atoms with Crippen LogP contribution in [0.15, 0.2) is 18.2 Å². The summed E-state index contributed by atoms with van der Waals surface area (Å²) in [6, 6.07) is 4.37. The van der Waals surface area contributed by atoms with E-state index in [-0.39, 0.29) is 17.2 Å². The van der Waals surface area contributed by atoms with Crippen LogP contribution in [0.5, 0.6) is 5.75 Å². The molecule has 1 aliphatic rings. The highest BCUT2D eigenvalue weighted by Gasteiger charge is 2.42. The Hall–Kier alpha value is -0.320. The molecule has 3 unspecified atom stereocenters. The van der Waals surface area contributed by atoms with Crippen molar-refractivity contribution in [2.24, 2.45) is 0 Å². The lowest BCUT2D eigenvalue weighted by molar-refractivity contribution is -0.0723. The van der Waals surface area contributed by atoms with Crippen molar-refractivity contribution in [1.82, 2.24) is 0 Å². The summed E-state index contributed by atoms with van der Waals surface area (Å²) in [5.74, 6) is 0.137. The molecule has 0 N–H and O–H groups in total. The van der Waals surface area contributed by atoms with E-state index in [0.29, 0.717) is 17.2 Å². The number of hydrogen-bond donors (Lipinski definition) is 0. The number of benzene rings is 1. The van der Waals surface area contributed by atoms with Gasteiger partial charge in [-0.25, -0.2) is 4.39 Å². The summed E-state index contributed by atoms with van der Waals surface area (Å²) in [5, 5.41) is 0.0742. The fourth-order valence-electron chi connectivity index (χ4n) is 1.77. The SMILES string of the molecule is CCOC1C(Br)CC1Oc1ccc(F)c(Cl)c1. The zero-order valence-corrected chi connectivity index (χ0v) is 11.7. The van der Waals surface area contributed by atoms with Gasteiger partial charge in [-0.05, 0) is 19.1 Å². The Morgan fingerprint density at radius 1 is 1.53 bits per heavy atom. The van der Waals surface area contributed by atoms with Crippen LogP contribution in [0.3, 0.4) is 0 Å². The van der Waals surface area contributed by atoms with Crippen molar-refractivity contribution in [3.8, 4) is 5.75 Å². The van der Waals surface area contributed by atoms with E-state index in [2.05, 4.69) is 15.9 Å². The second kappa shape index (κ2) is 5.55. The maximum absolute atomic E-state index is 13.0. The Morgan fingerprint density at radius 2 is 2.29 bits per heavy atom. The van der Waals surface area contributed by atoms with Gasteiger partial charge in [-0.3, -0.25) is 0 Å². The van der Waals surface area contributed by atoms with Crippen molar-refractivity contribution in [2.45, 2.75) is 30.4 Å². The lowest BCUT2D eigenvalue weighted by Crippen LogP contribution is -2.52. The fourth-order valence-corrected chi connectivity index (χ4v) is 2.80. The molecule has 0 radical (unpaired) electrons. The van der Waals surface area contributed by atoms with E-state index in [1.165, 1.54) is 12.1 Å². The molecule has 0 saturated heterocycles. The van der Waals surface area contributed by atoms with Crippen LogP contribution in [-0.4, -0.2) is 23.6 Å². The second-order valence-corrected chi connectivity index (χ2v) is 5.49. The van der Waals surface area contributed by atoms with Gasteiger partial charge in [0.1, 0.15) is 23.8 Å². The van der Waals surface area contributed by atoms with Crippen LogP contribution < -0.4 is 4.74 Å². The van der Waals surface area contributed by atoms with Crippen molar-refractivity contribution in [3.63, 3.8) is 0 Å². The molecule has 0 heterocycles. The molecule has 5 heteroatoms. The molecule has 1 fully saturated rings. The number of alkyl halides is 1. The highest BCUT2D eigenvalue weighted by atomic mass is 79.9. The van der Waals surface area contributed by atoms with Gasteiger partial charge in [0.05, 0.1) is 5.02 Å². The van der Waals surface area contributed by atoms with Crippen LogP contribution in [0.2, 0.25) is 5.02 Å². The highest BCUT2D eigenvalue weighted by molar-refractivity contribution is 9.09. The highest BCUT2D eigenvalue weighted by Crippen LogP contribution is 2.34. The molecule has 17 heavy (non-hydrogen) atoms. The Labute approximate surface area is 113 Å². The summed E-state index contributed by atoms with van der Waals surface area (Å²) in [4.78, 5) is 0.323. The molecule has 0 aromatic heterocycles. The van der Waals surface area contributed by atoms with Crippen molar-refractivity contribution < 1.29 is 13.9 Å². The zero-order valence-electron chi connectivity index (χ0n) is 9.33. The molecule has 94 valence electrons. The number of ether oxygens (including phenoxy) is 2. The maximum Gasteiger partial charge on any atom is 0.142 e. The molecule has 1 saturated carbocycles. The maximum atomic E-state index is 13.0. The average Bonchev–Trinajstić information content (AvgIpc) is 2.30. The Kier molecular flexibility index (Phi) is 4.28. The molecule has 2 nitrogen and oxygen atoms in total. The van der Waals surface area contributed by atoms with E-state index in [1.54, 1.807) is 6.07 Å². The van der Waals surface area contributed by atoms with E-state index in [9.17, 15) is 4.39 Å². The second-order valence-electron chi connectivity index (χ2n) is 3.90. The normalized spacial score (nSPS) is 27.6. The largest absolute Gasteiger partial charge is 0.488 e. The van der Waals surface area contributed by atoms with E-state index in [4.69, 9.17) is 21.1 Å². The first kappa shape index (κ1) is 13.1. The molecule has 1 aromatic carbocycles. The molecule has 0 spiro atoms. The first-order valence-electron chi connectivity index (χ1n) is 5.49. The predicted molar refractivity (Wildman–Crippen MR) is 68.6 cm³/mol. The molecule has 3 atom stereocenters. The standard InChI is InChI=1S/C12H13BrClFO2/c1-2-16-12-8(13)6-11(12)17-7-3-4-10(15)9(14)5-7/h3-5,8,11-12H,2,6H2,1H3. The molecule has 1 aliphatic carbocycles. The molecular weight excluding hydrogens is 310 g/mol. The van der Waals surface area contributed by atoms with Crippen molar-refractivity contribution in [1.29, 1.82) is 0 Å². The number of rotatable bonds is 4. The fraction of sp³-hybridized carbons (Fsp3) is 0.500. The van der Waals surface area contributed by atoms with Gasteiger partial charge in [0.15, 0.2) is 0 Å². The van der Waals surface area contributed by atoms with Gasteiger partial charge in [-0.2, -0.15) is 0 Å². The van der Waals surface area contributed by atoms with Crippen LogP contribution in [0, 0.1) is 5.82 Å². The Balaban J connectivity index is 1.99. The van der Waals surface area contributed by atoms with Crippen LogP contribution in [0.4, 0.5) is 4.39 Å². The molecule has 0 amide bonds. The van der Waals surface area contributed by atoms with Gasteiger partial charge in [-0.1, -0.05) is 27.5 Å². The van der Waals surface area contributed by atoms with Crippen LogP contribution >= 0.6 is 27.5 Å². The lowest BCUT2D eigenvalue weighted by Gasteiger charge is -2.40. The van der Waals surface area contributed by atoms with Crippen molar-refractivity contribution >= 4 is 27.5 Å². The first-order valence-corrected chi connectivity index (χ1v) is 6.78. The molecule has 0 bridgehead atoms. The zero-order chi connectivity index (χ0) is 12.4. The van der Waals surface area contributed by atoms with Crippen molar-refractivity contribution in [2.75, 3.05) is 6.61 Å². The third kappa shape index (κ3) is 2.92. The smallest absolute Gasteiger partial charge is 0.142 e. The minimum absolute atomic E-state index is 0.000790. The van der Waals surface area contributed by atoms with E-state index < -0.39 is 5.82 Å². The quantitative estimate of drug-likeness (QED) is 0.785. The van der Waals surface area contributed by atoms with Gasteiger partial charge in [0, 0.05) is 23.9 Å². The predicted octanol–water partition coefficient (Wildman–Crippen LogP) is 3.80. The van der Waals surface area contributed by atoms with E-state index in [0.717, 1.165) is 6.42 Å². The molecule has 0 aliphatic heterocycles. The number of hydrogen-bond acceptors (Lipinski definition) is 2. The monoisotopic (exact) mass is 322 g/mol. The molecule has 1 aromatic rings. The van der Waals surface area contributed by atoms with E-state index >= 15 is 0 Å². The topological polar surface area (TPSA) is 18.5 Å². The summed E-state index contributed by atoms with van der Waals surface area (Å²) in [6.07, 6.45) is 0.921. The molecular formula is C12H13BrClFO2. The van der Waals surface area contributed by atoms with E-state index in [1.807, 2.05) is 6.92 Å². The van der Waals surface area contributed by atoms with Gasteiger partial charge in [0.25, 0.3) is 0 Å². The summed E-state index contributed by atoms with van der Waals surface area (Å²) in [5.41, 5.74) is 0. The number of halogens is 3. The summed E-state index contributed by atoms with van der Waals surface area (Å²) in [6.45, 7) is 2.60. The van der Waals surface area contributed by atoms with Gasteiger partial charge in [0.2, 0.25) is 0 Å². The summed E-state index contributed by atoms with van der Waals surface area (Å²) in [7, 11) is 0. The van der Waals surface area contributed by atoms with Crippen molar-refractivity contribution in [3.05, 3.63) is 29.0 Å². The summed E-state index contributed by atoms with van der Waals surface area (Å²) >= 11 is 9.21. The lowest BCUT2D eigenvalue weighted by atomic mass is 9.91. The van der Waals surface area contributed by atoms with Crippen LogP contribution in [-0.2, 0) is 4.74 Å². The van der Waals surface area contributed by atoms with Crippen LogP contribution in [0.1, 0.15) is 13.3 Å².